The van der Waals surface area contributed by atoms with E-state index >= 15 is 0 Å². The Kier molecular flexibility index (Phi) is 16.0. The minimum Gasteiger partial charge on any atom is -0.504 e. The van der Waals surface area contributed by atoms with Crippen LogP contribution in [-0.4, -0.2) is 153 Å². The number of amides is 1. The Bertz CT molecular complexity index is 3750. The molecule has 2 fully saturated rings. The summed E-state index contributed by atoms with van der Waals surface area (Å²) in [4.78, 5) is 46.5. The molecular formula is C65H71N7O16. The van der Waals surface area contributed by atoms with Crippen molar-refractivity contribution in [2.75, 3.05) is 74.3 Å². The molecule has 5 aromatic carbocycles. The van der Waals surface area contributed by atoms with Crippen molar-refractivity contribution < 1.29 is 76.7 Å². The van der Waals surface area contributed by atoms with Crippen molar-refractivity contribution in [3.05, 3.63) is 109 Å². The highest BCUT2D eigenvalue weighted by Gasteiger charge is 2.59. The molecule has 10 atom stereocenters. The number of fused-ring (bicyclic) bond motifs is 18. The number of nitrogens with one attached hydrogen (secondary N) is 1. The molecule has 2 saturated heterocycles. The maximum Gasteiger partial charge on any atom is 0.411 e. The summed E-state index contributed by atoms with van der Waals surface area (Å²) in [5, 5.41) is 46.8. The van der Waals surface area contributed by atoms with Gasteiger partial charge in [-0.05, 0) is 102 Å². The molecule has 5 aromatic rings. The van der Waals surface area contributed by atoms with Crippen molar-refractivity contribution in [3.63, 3.8) is 0 Å². The highest BCUT2D eigenvalue weighted by molar-refractivity contribution is 5.84. The molecule has 0 saturated carbocycles. The van der Waals surface area contributed by atoms with Crippen molar-refractivity contribution in [2.24, 2.45) is 0 Å². The number of aromatic hydroxyl groups is 1. The number of rotatable bonds is 11. The summed E-state index contributed by atoms with van der Waals surface area (Å²) in [7, 11) is 8.73. The first-order valence-corrected chi connectivity index (χ1v) is 29.3. The number of ether oxygens (including phenoxy) is 11. The number of esters is 2. The number of aliphatic hydroxyl groups is 1. The Balaban J connectivity index is 0.000000173. The zero-order chi connectivity index (χ0) is 62.3. The predicted octanol–water partition coefficient (Wildman–Crippen LogP) is 7.40. The number of nitrogens with zero attached hydrogens (tertiary/aromatic N) is 6. The number of anilines is 1. The van der Waals surface area contributed by atoms with Gasteiger partial charge in [-0.3, -0.25) is 34.5 Å². The monoisotopic (exact) mass is 1210 g/mol. The molecule has 8 aliphatic rings. The van der Waals surface area contributed by atoms with Gasteiger partial charge in [0.2, 0.25) is 13.6 Å². The summed E-state index contributed by atoms with van der Waals surface area (Å²) < 4.78 is 64.2. The van der Waals surface area contributed by atoms with Gasteiger partial charge in [-0.25, -0.2) is 4.79 Å². The van der Waals surface area contributed by atoms with Crippen molar-refractivity contribution in [1.29, 1.82) is 10.5 Å². The smallest absolute Gasteiger partial charge is 0.411 e. The zero-order valence-electron chi connectivity index (χ0n) is 51.0. The van der Waals surface area contributed by atoms with E-state index in [4.69, 9.17) is 52.1 Å². The second-order valence-corrected chi connectivity index (χ2v) is 23.5. The van der Waals surface area contributed by atoms with Gasteiger partial charge >= 0.3 is 18.0 Å². The van der Waals surface area contributed by atoms with Crippen molar-refractivity contribution in [1.82, 2.24) is 19.6 Å². The number of phenols is 1. The molecule has 23 nitrogen and oxygen atoms in total. The molecule has 0 aromatic heterocycles. The number of benzene rings is 5. The first-order chi connectivity index (χ1) is 42.4. The number of hydrogen-bond acceptors (Lipinski definition) is 22. The molecule has 0 radical (unpaired) electrons. The Labute approximate surface area is 509 Å². The Morgan fingerprint density at radius 3 is 1.62 bits per heavy atom. The van der Waals surface area contributed by atoms with Gasteiger partial charge in [-0.15, -0.1) is 0 Å². The lowest BCUT2D eigenvalue weighted by molar-refractivity contribution is -0.133. The van der Waals surface area contributed by atoms with E-state index in [1.54, 1.807) is 38.5 Å². The third kappa shape index (κ3) is 9.49. The number of aliphatic hydroxyl groups excluding tert-OH is 1. The molecule has 0 aliphatic carbocycles. The van der Waals surface area contributed by atoms with Crippen LogP contribution in [0.15, 0.2) is 42.5 Å². The normalized spacial score (nSPS) is 24.8. The Morgan fingerprint density at radius 2 is 1.12 bits per heavy atom. The molecule has 13 rings (SSSR count). The first-order valence-electron chi connectivity index (χ1n) is 29.3. The topological polar surface area (TPSA) is 266 Å². The van der Waals surface area contributed by atoms with E-state index in [9.17, 15) is 35.1 Å². The van der Waals surface area contributed by atoms with E-state index < -0.39 is 48.2 Å². The molecule has 0 spiro atoms. The van der Waals surface area contributed by atoms with Crippen LogP contribution in [0.25, 0.3) is 0 Å². The van der Waals surface area contributed by atoms with Gasteiger partial charge in [0.1, 0.15) is 30.2 Å². The Morgan fingerprint density at radius 1 is 0.636 bits per heavy atom. The van der Waals surface area contributed by atoms with E-state index in [0.717, 1.165) is 38.9 Å². The largest absolute Gasteiger partial charge is 0.504 e. The average Bonchev–Trinajstić information content (AvgIpc) is 0.936. The number of para-hydroxylation sites is 1. The molecule has 4 bridgehead atoms. The quantitative estimate of drug-likeness (QED) is 0.0660. The zero-order valence-corrected chi connectivity index (χ0v) is 51.0. The fourth-order valence-electron chi connectivity index (χ4n) is 15.6. The van der Waals surface area contributed by atoms with Gasteiger partial charge in [0.05, 0.1) is 57.1 Å². The molecule has 0 unspecified atom stereocenters. The minimum atomic E-state index is -0.685. The van der Waals surface area contributed by atoms with Gasteiger partial charge in [-0.2, -0.15) is 10.5 Å². The number of nitriles is 2. The van der Waals surface area contributed by atoms with Gasteiger partial charge in [0.15, 0.2) is 52.8 Å². The Hall–Kier alpha value is -8.55. The summed E-state index contributed by atoms with van der Waals surface area (Å²) in [5.41, 5.74) is 10.2. The van der Waals surface area contributed by atoms with Crippen molar-refractivity contribution in [2.45, 2.75) is 128 Å². The van der Waals surface area contributed by atoms with Gasteiger partial charge in [0.25, 0.3) is 0 Å². The lowest BCUT2D eigenvalue weighted by Gasteiger charge is -2.59. The van der Waals surface area contributed by atoms with Crippen LogP contribution in [0.5, 0.6) is 57.5 Å². The van der Waals surface area contributed by atoms with Crippen LogP contribution in [0.1, 0.15) is 105 Å². The molecule has 462 valence electrons. The van der Waals surface area contributed by atoms with Gasteiger partial charge in [-0.1, -0.05) is 30.3 Å². The average molecular weight is 1210 g/mol. The second-order valence-electron chi connectivity index (χ2n) is 23.5. The van der Waals surface area contributed by atoms with Crippen LogP contribution in [0, 0.1) is 50.4 Å². The highest BCUT2D eigenvalue weighted by Crippen LogP contribution is 2.61. The number of hydrogen-bond donors (Lipinski definition) is 3. The molecule has 1 amide bonds. The van der Waals surface area contributed by atoms with Crippen LogP contribution >= 0.6 is 0 Å². The summed E-state index contributed by atoms with van der Waals surface area (Å²) >= 11 is 0. The lowest BCUT2D eigenvalue weighted by atomic mass is 9.71. The van der Waals surface area contributed by atoms with E-state index in [-0.39, 0.29) is 69.6 Å². The summed E-state index contributed by atoms with van der Waals surface area (Å²) in [6.45, 7) is 9.87. The van der Waals surface area contributed by atoms with Crippen LogP contribution < -0.4 is 47.9 Å². The maximum atomic E-state index is 13.1. The minimum absolute atomic E-state index is 0.0239. The molecule has 8 heterocycles. The fraction of sp³-hybridized carbons (Fsp3) is 0.462. The number of carbonyl (C=O) groups excluding carboxylic acids is 3. The van der Waals surface area contributed by atoms with Crippen LogP contribution in [0.3, 0.4) is 0 Å². The van der Waals surface area contributed by atoms with E-state index in [1.165, 1.54) is 21.0 Å². The van der Waals surface area contributed by atoms with Crippen LogP contribution in [-0.2, 0) is 44.7 Å². The fourth-order valence-corrected chi connectivity index (χ4v) is 15.6. The molecule has 3 N–H and O–H groups in total. The number of carbonyl (C=O) groups is 3. The number of likely N-dealkylation sites (N-methyl/N-ethyl adjacent to an activating group) is 2. The predicted molar refractivity (Wildman–Crippen MR) is 314 cm³/mol. The maximum absolute atomic E-state index is 13.1. The van der Waals surface area contributed by atoms with Crippen LogP contribution in [0.2, 0.25) is 0 Å². The third-order valence-corrected chi connectivity index (χ3v) is 18.9. The standard InChI is InChI=1S/C35H36N4O8.C30H35N3O8/c1-17-11-20-12-23-25(14-36)39-24(29(38(23)4)27(20)30(41)31(17)43-5)13-22-28(26(39)15-44-35(42)37-21-9-7-6-8-10-21)34-33(45-16-46-34)18(2)32(22)47-19(3)40;1-14-7-17-8-19-21(10-31)33-20(25(32(19)4)23(17)29(26(14)37-6)38-12-36-5)9-18-24(22(33)11-34)30-28(39-13-40-30)15(2)27(18)41-16(3)35/h6-11,23-26,29,41H,12-13,15-16H2,1-5H3,(H,37,42);7,19-22,25,34H,8-9,11-13H2,1-6H3/t23-,24-,25-,26-,29-;19-,20-,21-,22-,25-/m00/s1. The number of piperazine rings is 2. The highest BCUT2D eigenvalue weighted by atomic mass is 16.7. The van der Waals surface area contributed by atoms with Crippen molar-refractivity contribution in [3.8, 4) is 69.6 Å². The van der Waals surface area contributed by atoms with Gasteiger partial charge < -0.3 is 62.3 Å². The van der Waals surface area contributed by atoms with E-state index in [1.807, 2.05) is 53.9 Å². The summed E-state index contributed by atoms with van der Waals surface area (Å²) in [6.07, 6.45) is 1.25. The summed E-state index contributed by atoms with van der Waals surface area (Å²) in [5.74, 6) is 3.50. The number of aryl methyl sites for hydroxylation is 2. The summed E-state index contributed by atoms with van der Waals surface area (Å²) in [6, 6.07) is 14.1. The number of methoxy groups -OCH3 is 3. The number of phenolic OH excluding ortho intramolecular Hbond substituents is 1. The van der Waals surface area contributed by atoms with Crippen molar-refractivity contribution >= 4 is 23.7 Å². The molecule has 88 heavy (non-hydrogen) atoms. The third-order valence-electron chi connectivity index (χ3n) is 18.9. The lowest BCUT2D eigenvalue weighted by Crippen LogP contribution is -2.68. The molecular weight excluding hydrogens is 1130 g/mol. The van der Waals surface area contributed by atoms with Gasteiger partial charge in [0, 0.05) is 95.3 Å². The van der Waals surface area contributed by atoms with E-state index in [2.05, 4.69) is 43.1 Å². The molecule has 23 heteroatoms. The van der Waals surface area contributed by atoms with Crippen LogP contribution in [0.4, 0.5) is 10.5 Å². The van der Waals surface area contributed by atoms with E-state index in [0.29, 0.717) is 111 Å². The second kappa shape index (κ2) is 23.5. The molecule has 8 aliphatic heterocycles. The SMILES string of the molecule is COCOc1c(OC)c(C)cc2c1[C@@H]1[C@@H]3Cc4c(OC(C)=O)c(C)c5c(c4[C@H](CO)N3[C@@H](C#N)[C@H](C2)N1C)OCO5.COc1c(C)cc2c(c1O)[C@@H]1[C@@H]3Cc4c(OC(C)=O)c(C)c5c(c4[C@H](COC(=O)Nc4ccccc4)N3[C@@H](C#N)[C@H](C2)N1C)OCO5. The first kappa shape index (κ1) is 59.8.